The van der Waals surface area contributed by atoms with Gasteiger partial charge >= 0.3 is 0 Å². The molecule has 24 heavy (non-hydrogen) atoms. The molecule has 4 heteroatoms. The van der Waals surface area contributed by atoms with Gasteiger partial charge in [-0.05, 0) is 38.5 Å². The van der Waals surface area contributed by atoms with Crippen LogP contribution in [0.4, 0.5) is 5.69 Å². The number of aromatic nitrogens is 2. The van der Waals surface area contributed by atoms with Crippen LogP contribution in [0, 0.1) is 20.8 Å². The molecule has 1 aromatic heterocycles. The summed E-state index contributed by atoms with van der Waals surface area (Å²) in [6.07, 6.45) is 0. The van der Waals surface area contributed by atoms with Crippen molar-refractivity contribution in [1.29, 1.82) is 0 Å². The van der Waals surface area contributed by atoms with Crippen LogP contribution in [0.1, 0.15) is 32.9 Å². The number of aryl methyl sites for hydroxylation is 2. The molecule has 0 aliphatic rings. The van der Waals surface area contributed by atoms with Gasteiger partial charge in [-0.25, -0.2) is 0 Å². The molecular weight excluding hydrogens is 298 g/mol. The van der Waals surface area contributed by atoms with Crippen LogP contribution in [-0.4, -0.2) is 15.7 Å². The van der Waals surface area contributed by atoms with Crippen LogP contribution in [0.25, 0.3) is 0 Å². The van der Waals surface area contributed by atoms with Crippen molar-refractivity contribution in [2.75, 3.05) is 5.32 Å². The lowest BCUT2D eigenvalue weighted by Gasteiger charge is -2.07. The Labute approximate surface area is 142 Å². The van der Waals surface area contributed by atoms with Gasteiger partial charge < -0.3 is 5.32 Å². The predicted octanol–water partition coefficient (Wildman–Crippen LogP) is 4.11. The molecule has 4 nitrogen and oxygen atoms in total. The lowest BCUT2D eigenvalue weighted by atomic mass is 10.1. The zero-order chi connectivity index (χ0) is 17.1. The van der Waals surface area contributed by atoms with E-state index in [1.807, 2.05) is 48.9 Å². The van der Waals surface area contributed by atoms with Crippen molar-refractivity contribution in [1.82, 2.24) is 9.78 Å². The summed E-state index contributed by atoms with van der Waals surface area (Å²) in [6, 6.07) is 17.8. The van der Waals surface area contributed by atoms with Gasteiger partial charge in [-0.2, -0.15) is 5.10 Å². The minimum Gasteiger partial charge on any atom is -0.322 e. The molecule has 1 amide bonds. The normalized spacial score (nSPS) is 10.6. The molecule has 0 atom stereocenters. The first-order valence-corrected chi connectivity index (χ1v) is 8.00. The van der Waals surface area contributed by atoms with Gasteiger partial charge in [-0.1, -0.05) is 48.0 Å². The van der Waals surface area contributed by atoms with E-state index < -0.39 is 0 Å². The number of hydrogen-bond acceptors (Lipinski definition) is 2. The maximum absolute atomic E-state index is 12.6. The molecule has 0 radical (unpaired) electrons. The second-order valence-electron chi connectivity index (χ2n) is 6.01. The highest BCUT2D eigenvalue weighted by molar-refractivity contribution is 6.05. The lowest BCUT2D eigenvalue weighted by molar-refractivity contribution is 0.102. The molecule has 2 aromatic carbocycles. The van der Waals surface area contributed by atoms with E-state index in [1.54, 1.807) is 0 Å². The molecule has 0 unspecified atom stereocenters. The number of rotatable bonds is 4. The topological polar surface area (TPSA) is 46.9 Å². The van der Waals surface area contributed by atoms with Crippen molar-refractivity contribution in [3.63, 3.8) is 0 Å². The van der Waals surface area contributed by atoms with Crippen LogP contribution in [0.15, 0.2) is 54.6 Å². The van der Waals surface area contributed by atoms with E-state index in [4.69, 9.17) is 0 Å². The van der Waals surface area contributed by atoms with Gasteiger partial charge in [0.2, 0.25) is 0 Å². The minimum absolute atomic E-state index is 0.119. The number of benzene rings is 2. The monoisotopic (exact) mass is 319 g/mol. The second-order valence-corrected chi connectivity index (χ2v) is 6.01. The molecule has 3 rings (SSSR count). The summed E-state index contributed by atoms with van der Waals surface area (Å²) in [5.41, 5.74) is 5.45. The minimum atomic E-state index is -0.119. The molecule has 0 bridgehead atoms. The van der Waals surface area contributed by atoms with E-state index in [2.05, 4.69) is 41.6 Å². The fourth-order valence-electron chi connectivity index (χ4n) is 2.76. The number of nitrogens with zero attached hydrogens (tertiary/aromatic N) is 2. The molecule has 0 fully saturated rings. The largest absolute Gasteiger partial charge is 0.322 e. The van der Waals surface area contributed by atoms with E-state index in [-0.39, 0.29) is 5.91 Å². The average molecular weight is 319 g/mol. The zero-order valence-corrected chi connectivity index (χ0v) is 14.2. The van der Waals surface area contributed by atoms with Crippen LogP contribution < -0.4 is 5.32 Å². The number of carbonyl (C=O) groups is 1. The quantitative estimate of drug-likeness (QED) is 0.786. The molecule has 122 valence electrons. The highest BCUT2D eigenvalue weighted by atomic mass is 16.1. The molecule has 0 aliphatic carbocycles. The van der Waals surface area contributed by atoms with E-state index >= 15 is 0 Å². The van der Waals surface area contributed by atoms with Gasteiger partial charge in [-0.15, -0.1) is 0 Å². The Kier molecular flexibility index (Phi) is 4.47. The maximum Gasteiger partial charge on any atom is 0.259 e. The first kappa shape index (κ1) is 16.0. The summed E-state index contributed by atoms with van der Waals surface area (Å²) >= 11 is 0. The molecule has 0 saturated heterocycles. The molecule has 3 aromatic rings. The Hall–Kier alpha value is -2.88. The number of amides is 1. The van der Waals surface area contributed by atoms with Gasteiger partial charge in [0, 0.05) is 11.4 Å². The molecule has 1 heterocycles. The summed E-state index contributed by atoms with van der Waals surface area (Å²) < 4.78 is 1.89. The Morgan fingerprint density at radius 3 is 2.33 bits per heavy atom. The predicted molar refractivity (Wildman–Crippen MR) is 96.4 cm³/mol. The van der Waals surface area contributed by atoms with Crippen molar-refractivity contribution < 1.29 is 4.79 Å². The molecule has 0 aliphatic heterocycles. The SMILES string of the molecule is Cc1ccc(Cn2nc(C)c(C(=O)Nc3ccccc3)c2C)cc1. The van der Waals surface area contributed by atoms with Gasteiger partial charge in [0.05, 0.1) is 17.8 Å². The van der Waals surface area contributed by atoms with E-state index in [1.165, 1.54) is 11.1 Å². The van der Waals surface area contributed by atoms with Gasteiger partial charge in [-0.3, -0.25) is 9.48 Å². The summed E-state index contributed by atoms with van der Waals surface area (Å²) in [7, 11) is 0. The Bertz CT molecular complexity index is 849. The third-order valence-electron chi connectivity index (χ3n) is 4.09. The van der Waals surface area contributed by atoms with Gasteiger partial charge in [0.1, 0.15) is 0 Å². The first-order chi connectivity index (χ1) is 11.5. The van der Waals surface area contributed by atoms with Crippen LogP contribution in [0.5, 0.6) is 0 Å². The van der Waals surface area contributed by atoms with E-state index in [0.29, 0.717) is 12.1 Å². The second kappa shape index (κ2) is 6.71. The Morgan fingerprint density at radius 2 is 1.67 bits per heavy atom. The standard InChI is InChI=1S/C20H21N3O/c1-14-9-11-17(12-10-14)13-23-16(3)19(15(2)22-23)20(24)21-18-7-5-4-6-8-18/h4-12H,13H2,1-3H3,(H,21,24). The zero-order valence-electron chi connectivity index (χ0n) is 14.2. The Balaban J connectivity index is 1.83. The van der Waals surface area contributed by atoms with Crippen molar-refractivity contribution in [3.05, 3.63) is 82.7 Å². The Morgan fingerprint density at radius 1 is 1.00 bits per heavy atom. The van der Waals surface area contributed by atoms with Gasteiger partial charge in [0.15, 0.2) is 0 Å². The van der Waals surface area contributed by atoms with Crippen LogP contribution >= 0.6 is 0 Å². The fraction of sp³-hybridized carbons (Fsp3) is 0.200. The van der Waals surface area contributed by atoms with Crippen molar-refractivity contribution in [2.24, 2.45) is 0 Å². The van der Waals surface area contributed by atoms with Crippen molar-refractivity contribution >= 4 is 11.6 Å². The highest BCUT2D eigenvalue weighted by Gasteiger charge is 2.18. The summed E-state index contributed by atoms with van der Waals surface area (Å²) in [6.45, 7) is 6.54. The fourth-order valence-corrected chi connectivity index (χ4v) is 2.76. The molecule has 0 spiro atoms. The van der Waals surface area contributed by atoms with E-state index in [0.717, 1.165) is 17.1 Å². The third-order valence-corrected chi connectivity index (χ3v) is 4.09. The molecular formula is C20H21N3O. The first-order valence-electron chi connectivity index (χ1n) is 8.00. The highest BCUT2D eigenvalue weighted by Crippen LogP contribution is 2.17. The summed E-state index contributed by atoms with van der Waals surface area (Å²) in [5.74, 6) is -0.119. The summed E-state index contributed by atoms with van der Waals surface area (Å²) in [4.78, 5) is 12.6. The van der Waals surface area contributed by atoms with Crippen molar-refractivity contribution in [2.45, 2.75) is 27.3 Å². The van der Waals surface area contributed by atoms with E-state index in [9.17, 15) is 4.79 Å². The number of para-hydroxylation sites is 1. The smallest absolute Gasteiger partial charge is 0.259 e. The maximum atomic E-state index is 12.6. The van der Waals surface area contributed by atoms with Crippen LogP contribution in [-0.2, 0) is 6.54 Å². The summed E-state index contributed by atoms with van der Waals surface area (Å²) in [5, 5.41) is 7.48. The number of anilines is 1. The average Bonchev–Trinajstić information content (AvgIpc) is 2.84. The number of nitrogens with one attached hydrogen (secondary N) is 1. The van der Waals surface area contributed by atoms with Gasteiger partial charge in [0.25, 0.3) is 5.91 Å². The molecule has 0 saturated carbocycles. The van der Waals surface area contributed by atoms with Crippen molar-refractivity contribution in [3.8, 4) is 0 Å². The number of hydrogen-bond donors (Lipinski definition) is 1. The third kappa shape index (κ3) is 3.38. The van der Waals surface area contributed by atoms with Crippen LogP contribution in [0.3, 0.4) is 0 Å². The van der Waals surface area contributed by atoms with Crippen LogP contribution in [0.2, 0.25) is 0 Å². The lowest BCUT2D eigenvalue weighted by Crippen LogP contribution is -2.14. The number of carbonyl (C=O) groups excluding carboxylic acids is 1. The molecule has 1 N–H and O–H groups in total.